The third-order valence-electron chi connectivity index (χ3n) is 5.34. The molecule has 182 valence electrons. The van der Waals surface area contributed by atoms with Gasteiger partial charge in [-0.2, -0.15) is 27.0 Å². The summed E-state index contributed by atoms with van der Waals surface area (Å²) in [5, 5.41) is 23.8. The fourth-order valence-corrected chi connectivity index (χ4v) is 3.84. The van der Waals surface area contributed by atoms with Crippen LogP contribution in [0.15, 0.2) is 59.1 Å². The Hall–Kier alpha value is -2.92. The molecule has 0 aromatic carbocycles. The molecule has 1 aliphatic carbocycles. The number of Topliss-reactive ketones (excluding diaryl/α,β-unsaturated/α-hetero) is 1. The molecule has 1 heterocycles. The van der Waals surface area contributed by atoms with Crippen molar-refractivity contribution in [3.63, 3.8) is 0 Å². The molecule has 3 N–H and O–H groups in total. The summed E-state index contributed by atoms with van der Waals surface area (Å²) >= 11 is 0. The number of ketones is 1. The Morgan fingerprint density at radius 3 is 2.27 bits per heavy atom. The van der Waals surface area contributed by atoms with Gasteiger partial charge in [-0.05, 0) is 33.8 Å². The number of nitrogens with one attached hydrogen (secondary N) is 1. The van der Waals surface area contributed by atoms with E-state index in [0.717, 1.165) is 19.3 Å². The Labute approximate surface area is 205 Å². The number of ether oxygens (including phenoxy) is 2. The number of hydrogen-bond acceptors (Lipinski definition) is 8. The minimum atomic E-state index is -1.84. The van der Waals surface area contributed by atoms with E-state index in [9.17, 15) is 29.4 Å². The van der Waals surface area contributed by atoms with Crippen molar-refractivity contribution in [2.75, 3.05) is 7.11 Å². The molecule has 0 aromatic rings. The van der Waals surface area contributed by atoms with E-state index in [1.54, 1.807) is 19.1 Å². The number of aliphatic hydroxyl groups excluding tert-OH is 2. The van der Waals surface area contributed by atoms with E-state index >= 15 is 0 Å². The molecule has 1 amide bonds. The molecule has 0 aromatic heterocycles. The van der Waals surface area contributed by atoms with Gasteiger partial charge in [-0.25, -0.2) is 9.59 Å². The number of hydrogen-bond donors (Lipinski definition) is 3. The first-order valence-electron chi connectivity index (χ1n) is 9.43. The number of aliphatic hydroxyl groups is 2. The lowest BCUT2D eigenvalue weighted by atomic mass is 9.65. The number of carbonyl (C=O) groups excluding carboxylic acids is 4. The summed E-state index contributed by atoms with van der Waals surface area (Å²) in [6.07, 6.45) is 7.86. The normalized spacial score (nSPS) is 28.3. The number of methoxy groups -OCH3 is 1. The summed E-state index contributed by atoms with van der Waals surface area (Å²) in [6.45, 7) is 5.80. The fourth-order valence-electron chi connectivity index (χ4n) is 3.84. The highest BCUT2D eigenvalue weighted by atomic mass is 32.1. The minimum Gasteiger partial charge on any atom is -0.508 e. The number of allylic oxidation sites excluding steroid dienone is 5. The maximum Gasteiger partial charge on any atom is 0.333 e. The highest BCUT2D eigenvalue weighted by Crippen LogP contribution is 2.51. The van der Waals surface area contributed by atoms with E-state index in [0.29, 0.717) is 0 Å². The summed E-state index contributed by atoms with van der Waals surface area (Å²) in [4.78, 5) is 49.4. The van der Waals surface area contributed by atoms with E-state index in [-0.39, 0.29) is 38.1 Å². The molecule has 3 atom stereocenters. The van der Waals surface area contributed by atoms with Crippen LogP contribution in [0.2, 0.25) is 0 Å². The van der Waals surface area contributed by atoms with E-state index in [1.807, 2.05) is 0 Å². The quantitative estimate of drug-likeness (QED) is 0.226. The first-order valence-corrected chi connectivity index (χ1v) is 9.43. The van der Waals surface area contributed by atoms with Crippen molar-refractivity contribution in [1.82, 2.24) is 5.32 Å². The van der Waals surface area contributed by atoms with Crippen LogP contribution >= 0.6 is 27.0 Å². The molecular weight excluding hydrogens is 470 g/mol. The predicted octanol–water partition coefficient (Wildman–Crippen LogP) is 2.11. The lowest BCUT2D eigenvalue weighted by Gasteiger charge is -2.39. The van der Waals surface area contributed by atoms with Crippen LogP contribution in [0, 0.1) is 5.92 Å². The smallest absolute Gasteiger partial charge is 0.333 e. The molecule has 2 rings (SSSR count). The van der Waals surface area contributed by atoms with Crippen LogP contribution in [0.3, 0.4) is 0 Å². The zero-order valence-electron chi connectivity index (χ0n) is 18.9. The molecule has 0 radical (unpaired) electrons. The van der Waals surface area contributed by atoms with Crippen LogP contribution in [0.1, 0.15) is 27.7 Å². The average molecular weight is 500 g/mol. The monoisotopic (exact) mass is 499 g/mol. The second-order valence-corrected chi connectivity index (χ2v) is 7.46. The molecular formula is C22H29NO8S2. The van der Waals surface area contributed by atoms with Gasteiger partial charge < -0.3 is 25.0 Å². The summed E-state index contributed by atoms with van der Waals surface area (Å²) in [5.74, 6) is -5.36. The lowest BCUT2D eigenvalue weighted by molar-refractivity contribution is -0.157. The van der Waals surface area contributed by atoms with Crippen LogP contribution in [0.5, 0.6) is 0 Å². The molecule has 1 fully saturated rings. The molecule has 9 nitrogen and oxygen atoms in total. The lowest BCUT2D eigenvalue weighted by Crippen LogP contribution is -2.59. The van der Waals surface area contributed by atoms with Crippen LogP contribution in [0.25, 0.3) is 0 Å². The van der Waals surface area contributed by atoms with Crippen molar-refractivity contribution in [3.05, 3.63) is 59.1 Å². The van der Waals surface area contributed by atoms with Gasteiger partial charge in [0.25, 0.3) is 0 Å². The third-order valence-corrected chi connectivity index (χ3v) is 5.34. The molecule has 33 heavy (non-hydrogen) atoms. The van der Waals surface area contributed by atoms with Gasteiger partial charge in [-0.15, -0.1) is 0 Å². The molecule has 1 aliphatic heterocycles. The van der Waals surface area contributed by atoms with Crippen molar-refractivity contribution in [2.45, 2.75) is 38.8 Å². The second kappa shape index (κ2) is 11.3. The molecule has 0 saturated carbocycles. The van der Waals surface area contributed by atoms with Crippen molar-refractivity contribution < 1.29 is 38.9 Å². The number of carbonyl (C=O) groups is 4. The maximum atomic E-state index is 12.9. The fraction of sp³-hybridized carbons (Fsp3) is 0.364. The van der Waals surface area contributed by atoms with Crippen molar-refractivity contribution >= 4 is 50.6 Å². The highest BCUT2D eigenvalue weighted by Gasteiger charge is 2.68. The summed E-state index contributed by atoms with van der Waals surface area (Å²) in [7, 11) is 1.14. The van der Waals surface area contributed by atoms with Gasteiger partial charge in [0.2, 0.25) is 11.7 Å². The van der Waals surface area contributed by atoms with Crippen LogP contribution in [-0.2, 0) is 28.7 Å². The van der Waals surface area contributed by atoms with Crippen molar-refractivity contribution in [1.29, 1.82) is 0 Å². The third kappa shape index (κ3) is 5.36. The average Bonchev–Trinajstić information content (AvgIpc) is 2.91. The van der Waals surface area contributed by atoms with E-state index in [4.69, 9.17) is 4.74 Å². The minimum absolute atomic E-state index is 0. The Morgan fingerprint density at radius 2 is 1.73 bits per heavy atom. The standard InChI is InChI=1S/C22H25NO8.2H2S/c1-6-7-8-9-13(24)16-17(27)12(2)19(28)22(4)18(16)21(3,20(29)31-22)23-14(25)10-11-15(26)30-5;;/h6-11,18,24,27H,1-5H3,(H,23,25);2*1H2/b7-6+,9-8+,11-10+,16-13+;;/t18-,21+,22+;;/m1../s1. The first kappa shape index (κ1) is 30.1. The largest absolute Gasteiger partial charge is 0.508 e. The van der Waals surface area contributed by atoms with Gasteiger partial charge in [0.15, 0.2) is 5.60 Å². The first-order chi connectivity index (χ1) is 14.4. The Bertz CT molecular complexity index is 994. The number of rotatable bonds is 5. The van der Waals surface area contributed by atoms with E-state index < -0.39 is 52.2 Å². The van der Waals surface area contributed by atoms with Crippen molar-refractivity contribution in [2.24, 2.45) is 5.92 Å². The summed E-state index contributed by atoms with van der Waals surface area (Å²) < 4.78 is 9.82. The van der Waals surface area contributed by atoms with E-state index in [2.05, 4.69) is 10.1 Å². The SMILES string of the molecule is C/C=C/C=C/C(O)=C1/C(O)=C(C)C(=O)[C@@]2(C)OC(=O)[C@@](C)(NC(=O)/C=C/C(=O)OC)[C@@H]12.S.S. The van der Waals surface area contributed by atoms with Crippen molar-refractivity contribution in [3.8, 4) is 0 Å². The molecule has 0 spiro atoms. The molecule has 0 bridgehead atoms. The van der Waals surface area contributed by atoms with Gasteiger partial charge >= 0.3 is 11.9 Å². The van der Waals surface area contributed by atoms with Crippen LogP contribution in [0.4, 0.5) is 0 Å². The topological polar surface area (TPSA) is 139 Å². The molecule has 11 heteroatoms. The Kier molecular flexibility index (Phi) is 10.3. The predicted molar refractivity (Wildman–Crippen MR) is 130 cm³/mol. The zero-order valence-corrected chi connectivity index (χ0v) is 20.9. The van der Waals surface area contributed by atoms with Gasteiger partial charge in [-0.1, -0.05) is 18.2 Å². The Morgan fingerprint density at radius 1 is 1.12 bits per heavy atom. The maximum absolute atomic E-state index is 12.9. The summed E-state index contributed by atoms with van der Waals surface area (Å²) in [5.41, 5.74) is -3.83. The summed E-state index contributed by atoms with van der Waals surface area (Å²) in [6, 6.07) is 0. The van der Waals surface area contributed by atoms with E-state index in [1.165, 1.54) is 32.9 Å². The number of fused-ring (bicyclic) bond motifs is 1. The van der Waals surface area contributed by atoms with Crippen LogP contribution < -0.4 is 5.32 Å². The molecule has 0 unspecified atom stereocenters. The highest BCUT2D eigenvalue weighted by molar-refractivity contribution is 7.59. The second-order valence-electron chi connectivity index (χ2n) is 7.46. The van der Waals surface area contributed by atoms with Gasteiger partial charge in [0, 0.05) is 23.3 Å². The number of amides is 1. The Balaban J connectivity index is 0.00000512. The zero-order chi connectivity index (χ0) is 23.6. The van der Waals surface area contributed by atoms with Gasteiger partial charge in [-0.3, -0.25) is 9.59 Å². The number of esters is 2. The van der Waals surface area contributed by atoms with Crippen LogP contribution in [-0.4, -0.2) is 52.1 Å². The van der Waals surface area contributed by atoms with Gasteiger partial charge in [0.1, 0.15) is 17.1 Å². The molecule has 1 saturated heterocycles. The van der Waals surface area contributed by atoms with Gasteiger partial charge in [0.05, 0.1) is 13.0 Å². The molecule has 2 aliphatic rings.